The molecule has 1 saturated heterocycles. The molecule has 3 atom stereocenters. The predicted molar refractivity (Wildman–Crippen MR) is 120 cm³/mol. The number of halogens is 2. The monoisotopic (exact) mass is 459 g/mol. The molecule has 31 heavy (non-hydrogen) atoms. The molecule has 3 heterocycles. The second kappa shape index (κ2) is 8.51. The standard InChI is InChI=1S/C21H23Cl2N7O/c1-2-30-21(31-17-5-3-4-15(22)8-17)26-20(28-30)25-19-13-6-7-14(19)12-29(11-13)16-9-18(23)27-24-10-16/h3-5,8-10,13-14,19H,2,6-7,11-12H2,1H3,(H,25,28)/t13-,14+,19-. The Morgan fingerprint density at radius 3 is 2.68 bits per heavy atom. The maximum absolute atomic E-state index is 6.07. The second-order valence-corrected chi connectivity index (χ2v) is 8.83. The van der Waals surface area contributed by atoms with E-state index in [2.05, 4.69) is 30.5 Å². The van der Waals surface area contributed by atoms with Crippen LogP contribution in [0.2, 0.25) is 10.2 Å². The van der Waals surface area contributed by atoms with Gasteiger partial charge >= 0.3 is 6.01 Å². The highest BCUT2D eigenvalue weighted by Gasteiger charge is 2.42. The molecule has 1 aromatic carbocycles. The molecule has 3 aromatic rings. The Bertz CT molecular complexity index is 1060. The van der Waals surface area contributed by atoms with Crippen LogP contribution in [0.1, 0.15) is 19.8 Å². The summed E-state index contributed by atoms with van der Waals surface area (Å²) >= 11 is 12.1. The largest absolute Gasteiger partial charge is 0.424 e. The van der Waals surface area contributed by atoms with Crippen molar-refractivity contribution in [1.29, 1.82) is 0 Å². The Hall–Kier alpha value is -2.58. The molecule has 2 aromatic heterocycles. The predicted octanol–water partition coefficient (Wildman–Crippen LogP) is 4.51. The third-order valence-electron chi connectivity index (χ3n) is 6.05. The van der Waals surface area contributed by atoms with Crippen molar-refractivity contribution in [2.24, 2.45) is 11.8 Å². The fourth-order valence-corrected chi connectivity index (χ4v) is 4.96. The number of hydrogen-bond donors (Lipinski definition) is 1. The summed E-state index contributed by atoms with van der Waals surface area (Å²) in [6.45, 7) is 4.55. The summed E-state index contributed by atoms with van der Waals surface area (Å²) in [6.07, 6.45) is 4.12. The van der Waals surface area contributed by atoms with E-state index < -0.39 is 0 Å². The van der Waals surface area contributed by atoms with Crippen LogP contribution in [-0.2, 0) is 6.54 Å². The molecule has 1 aliphatic heterocycles. The van der Waals surface area contributed by atoms with E-state index in [1.165, 1.54) is 12.8 Å². The summed E-state index contributed by atoms with van der Waals surface area (Å²) in [6, 6.07) is 9.93. The third kappa shape index (κ3) is 4.27. The molecule has 8 nitrogen and oxygen atoms in total. The molecule has 5 rings (SSSR count). The van der Waals surface area contributed by atoms with Crippen LogP contribution in [0.15, 0.2) is 36.5 Å². The summed E-state index contributed by atoms with van der Waals surface area (Å²) in [4.78, 5) is 6.97. The molecule has 2 bridgehead atoms. The van der Waals surface area contributed by atoms with Gasteiger partial charge in [0.15, 0.2) is 5.15 Å². The molecule has 10 heteroatoms. The number of ether oxygens (including phenoxy) is 1. The van der Waals surface area contributed by atoms with Crippen molar-refractivity contribution in [1.82, 2.24) is 25.0 Å². The average molecular weight is 460 g/mol. The van der Waals surface area contributed by atoms with Crippen molar-refractivity contribution in [3.8, 4) is 11.8 Å². The number of piperidine rings is 1. The number of benzene rings is 1. The van der Waals surface area contributed by atoms with Gasteiger partial charge in [0.05, 0.1) is 11.9 Å². The van der Waals surface area contributed by atoms with E-state index in [1.54, 1.807) is 16.9 Å². The van der Waals surface area contributed by atoms with Crippen LogP contribution in [0.4, 0.5) is 11.6 Å². The van der Waals surface area contributed by atoms with Crippen molar-refractivity contribution < 1.29 is 4.74 Å². The summed E-state index contributed by atoms with van der Waals surface area (Å²) in [5, 5.41) is 17.1. The quantitative estimate of drug-likeness (QED) is 0.580. The minimum atomic E-state index is 0.327. The third-order valence-corrected chi connectivity index (χ3v) is 6.47. The Kier molecular flexibility index (Phi) is 5.58. The normalized spacial score (nSPS) is 22.5. The average Bonchev–Trinajstić information content (AvgIpc) is 3.23. The molecule has 1 saturated carbocycles. The van der Waals surface area contributed by atoms with E-state index in [0.29, 0.717) is 52.3 Å². The smallest absolute Gasteiger partial charge is 0.322 e. The number of aromatic nitrogens is 5. The number of anilines is 2. The Balaban J connectivity index is 1.30. The second-order valence-electron chi connectivity index (χ2n) is 8.00. The van der Waals surface area contributed by atoms with Gasteiger partial charge in [0.2, 0.25) is 5.95 Å². The van der Waals surface area contributed by atoms with Crippen molar-refractivity contribution in [2.75, 3.05) is 23.3 Å². The van der Waals surface area contributed by atoms with E-state index in [-0.39, 0.29) is 0 Å². The van der Waals surface area contributed by atoms with Gasteiger partial charge in [0.25, 0.3) is 0 Å². The number of nitrogens with zero attached hydrogens (tertiary/aromatic N) is 6. The highest BCUT2D eigenvalue weighted by atomic mass is 35.5. The number of nitrogens with one attached hydrogen (secondary N) is 1. The van der Waals surface area contributed by atoms with Gasteiger partial charge < -0.3 is 15.0 Å². The zero-order valence-electron chi connectivity index (χ0n) is 17.1. The van der Waals surface area contributed by atoms with Crippen LogP contribution in [0.5, 0.6) is 11.8 Å². The molecule has 0 radical (unpaired) electrons. The summed E-state index contributed by atoms with van der Waals surface area (Å²) < 4.78 is 7.69. The van der Waals surface area contributed by atoms with Crippen LogP contribution in [0, 0.1) is 11.8 Å². The number of aryl methyl sites for hydroxylation is 1. The van der Waals surface area contributed by atoms with Crippen LogP contribution in [0.25, 0.3) is 0 Å². The maximum atomic E-state index is 6.07. The summed E-state index contributed by atoms with van der Waals surface area (Å²) in [5.41, 5.74) is 1.03. The first-order valence-electron chi connectivity index (χ1n) is 10.5. The summed E-state index contributed by atoms with van der Waals surface area (Å²) in [7, 11) is 0. The van der Waals surface area contributed by atoms with E-state index in [0.717, 1.165) is 18.8 Å². The summed E-state index contributed by atoms with van der Waals surface area (Å²) in [5.74, 6) is 2.23. The van der Waals surface area contributed by atoms with Crippen molar-refractivity contribution in [3.63, 3.8) is 0 Å². The van der Waals surface area contributed by atoms with Gasteiger partial charge in [0.1, 0.15) is 5.75 Å². The molecule has 0 spiro atoms. The Labute approximate surface area is 190 Å². The Morgan fingerprint density at radius 1 is 1.16 bits per heavy atom. The fraction of sp³-hybridized carbons (Fsp3) is 0.429. The van der Waals surface area contributed by atoms with Crippen molar-refractivity contribution >= 4 is 34.8 Å². The molecule has 1 N–H and O–H groups in total. The van der Waals surface area contributed by atoms with Gasteiger partial charge in [-0.3, -0.25) is 0 Å². The fourth-order valence-electron chi connectivity index (χ4n) is 4.63. The molecule has 2 aliphatic rings. The lowest BCUT2D eigenvalue weighted by atomic mass is 9.92. The zero-order valence-corrected chi connectivity index (χ0v) is 18.6. The SMILES string of the molecule is CCn1nc(N[C@@H]2[C@@H]3CC[C@H]2CN(c2cnnc(Cl)c2)C3)nc1Oc1cccc(Cl)c1. The number of fused-ring (bicyclic) bond motifs is 2. The molecule has 2 fully saturated rings. The van der Waals surface area contributed by atoms with E-state index >= 15 is 0 Å². The lowest BCUT2D eigenvalue weighted by Gasteiger charge is -2.39. The van der Waals surface area contributed by atoms with Crippen LogP contribution in [-0.4, -0.2) is 44.1 Å². The first-order chi connectivity index (χ1) is 15.1. The van der Waals surface area contributed by atoms with Gasteiger partial charge in [-0.25, -0.2) is 4.68 Å². The van der Waals surface area contributed by atoms with Gasteiger partial charge in [-0.2, -0.15) is 10.1 Å². The van der Waals surface area contributed by atoms with Crippen LogP contribution >= 0.6 is 23.2 Å². The number of rotatable bonds is 6. The van der Waals surface area contributed by atoms with E-state index in [4.69, 9.17) is 27.9 Å². The molecule has 1 aliphatic carbocycles. The van der Waals surface area contributed by atoms with Crippen molar-refractivity contribution in [2.45, 2.75) is 32.4 Å². The molecule has 0 unspecified atom stereocenters. The van der Waals surface area contributed by atoms with Gasteiger partial charge in [-0.15, -0.1) is 10.2 Å². The Morgan fingerprint density at radius 2 is 1.97 bits per heavy atom. The highest BCUT2D eigenvalue weighted by Crippen LogP contribution is 2.40. The molecular weight excluding hydrogens is 437 g/mol. The minimum absolute atomic E-state index is 0.327. The minimum Gasteiger partial charge on any atom is -0.424 e. The van der Waals surface area contributed by atoms with Crippen molar-refractivity contribution in [3.05, 3.63) is 46.7 Å². The topological polar surface area (TPSA) is 81.0 Å². The number of hydrogen-bond acceptors (Lipinski definition) is 7. The van der Waals surface area contributed by atoms with Gasteiger partial charge in [-0.05, 0) is 49.8 Å². The lowest BCUT2D eigenvalue weighted by molar-refractivity contribution is 0.376. The lowest BCUT2D eigenvalue weighted by Crippen LogP contribution is -2.48. The molecule has 162 valence electrons. The first kappa shape index (κ1) is 20.3. The molecular formula is C21H23Cl2N7O. The highest BCUT2D eigenvalue weighted by molar-refractivity contribution is 6.30. The van der Waals surface area contributed by atoms with E-state index in [1.807, 2.05) is 31.2 Å². The van der Waals surface area contributed by atoms with Crippen LogP contribution < -0.4 is 15.0 Å². The first-order valence-corrected chi connectivity index (χ1v) is 11.2. The molecule has 0 amide bonds. The van der Waals surface area contributed by atoms with E-state index in [9.17, 15) is 0 Å². The maximum Gasteiger partial charge on any atom is 0.322 e. The van der Waals surface area contributed by atoms with Crippen LogP contribution in [0.3, 0.4) is 0 Å². The van der Waals surface area contributed by atoms with Gasteiger partial charge in [-0.1, -0.05) is 29.3 Å². The zero-order chi connectivity index (χ0) is 21.4. The van der Waals surface area contributed by atoms with Gasteiger partial charge in [0, 0.05) is 36.8 Å².